The van der Waals surface area contributed by atoms with E-state index >= 15 is 0 Å². The minimum atomic E-state index is -0.198. The Labute approximate surface area is 170 Å². The highest BCUT2D eigenvalue weighted by atomic mass is 16.5. The maximum absolute atomic E-state index is 12.6. The molecular formula is C23H24N4O2. The molecule has 1 N–H and O–H groups in total. The van der Waals surface area contributed by atoms with Crippen molar-refractivity contribution in [1.29, 1.82) is 0 Å². The SMILES string of the molecule is COc1cccc(CCNC(=O)c2ccnc(N3c4ccccc4CC3C)n2)c1. The van der Waals surface area contributed by atoms with E-state index in [1.54, 1.807) is 19.4 Å². The summed E-state index contributed by atoms with van der Waals surface area (Å²) in [6, 6.07) is 18.0. The van der Waals surface area contributed by atoms with Crippen LogP contribution in [0.25, 0.3) is 0 Å². The second kappa shape index (κ2) is 8.31. The van der Waals surface area contributed by atoms with Crippen molar-refractivity contribution in [3.8, 4) is 5.75 Å². The van der Waals surface area contributed by atoms with Crippen molar-refractivity contribution in [2.24, 2.45) is 0 Å². The number of para-hydroxylation sites is 1. The average Bonchev–Trinajstić information content (AvgIpc) is 3.09. The lowest BCUT2D eigenvalue weighted by Gasteiger charge is -2.22. The van der Waals surface area contributed by atoms with Crippen LogP contribution < -0.4 is 15.0 Å². The third kappa shape index (κ3) is 4.06. The second-order valence-corrected chi connectivity index (χ2v) is 7.15. The zero-order valence-electron chi connectivity index (χ0n) is 16.6. The van der Waals surface area contributed by atoms with Gasteiger partial charge in [-0.05, 0) is 55.2 Å². The van der Waals surface area contributed by atoms with Crippen LogP contribution in [-0.2, 0) is 12.8 Å². The van der Waals surface area contributed by atoms with Gasteiger partial charge in [-0.15, -0.1) is 0 Å². The van der Waals surface area contributed by atoms with E-state index < -0.39 is 0 Å². The normalized spacial score (nSPS) is 15.1. The molecule has 6 nitrogen and oxygen atoms in total. The van der Waals surface area contributed by atoms with Crippen LogP contribution >= 0.6 is 0 Å². The third-order valence-electron chi connectivity index (χ3n) is 5.13. The Kier molecular flexibility index (Phi) is 5.42. The molecule has 0 radical (unpaired) electrons. The lowest BCUT2D eigenvalue weighted by Crippen LogP contribution is -2.29. The number of amides is 1. The van der Waals surface area contributed by atoms with Gasteiger partial charge in [-0.1, -0.05) is 30.3 Å². The molecule has 0 saturated carbocycles. The van der Waals surface area contributed by atoms with Crippen LogP contribution in [0.2, 0.25) is 0 Å². The number of anilines is 2. The average molecular weight is 388 g/mol. The number of aromatic nitrogens is 2. The quantitative estimate of drug-likeness (QED) is 0.700. The number of hydrogen-bond acceptors (Lipinski definition) is 5. The zero-order chi connectivity index (χ0) is 20.2. The van der Waals surface area contributed by atoms with Gasteiger partial charge in [0.2, 0.25) is 5.95 Å². The first-order chi connectivity index (χ1) is 14.2. The van der Waals surface area contributed by atoms with Gasteiger partial charge in [0.05, 0.1) is 7.11 Å². The molecule has 1 atom stereocenters. The molecule has 148 valence electrons. The van der Waals surface area contributed by atoms with E-state index in [2.05, 4.69) is 39.2 Å². The molecule has 1 aromatic heterocycles. The van der Waals surface area contributed by atoms with Gasteiger partial charge in [-0.3, -0.25) is 4.79 Å². The number of rotatable bonds is 6. The van der Waals surface area contributed by atoms with Gasteiger partial charge in [-0.25, -0.2) is 9.97 Å². The minimum absolute atomic E-state index is 0.198. The van der Waals surface area contributed by atoms with Gasteiger partial charge in [-0.2, -0.15) is 0 Å². The Hall–Kier alpha value is -3.41. The molecule has 0 saturated heterocycles. The van der Waals surface area contributed by atoms with Gasteiger partial charge in [0.15, 0.2) is 0 Å². The fraction of sp³-hybridized carbons (Fsp3) is 0.261. The number of nitrogens with zero attached hydrogens (tertiary/aromatic N) is 3. The number of benzene rings is 2. The Balaban J connectivity index is 1.44. The Morgan fingerprint density at radius 2 is 2.07 bits per heavy atom. The molecule has 6 heteroatoms. The fourth-order valence-electron chi connectivity index (χ4n) is 3.70. The molecule has 1 aliphatic heterocycles. The molecule has 2 aromatic carbocycles. The summed E-state index contributed by atoms with van der Waals surface area (Å²) in [6.45, 7) is 2.67. The molecule has 1 aliphatic rings. The van der Waals surface area contributed by atoms with Crippen molar-refractivity contribution in [2.75, 3.05) is 18.6 Å². The summed E-state index contributed by atoms with van der Waals surface area (Å²) in [6.07, 6.45) is 3.31. The monoisotopic (exact) mass is 388 g/mol. The van der Waals surface area contributed by atoms with E-state index in [1.165, 1.54) is 5.56 Å². The number of hydrogen-bond donors (Lipinski definition) is 1. The van der Waals surface area contributed by atoms with Crippen molar-refractivity contribution in [3.05, 3.63) is 77.6 Å². The van der Waals surface area contributed by atoms with Gasteiger partial charge in [0.1, 0.15) is 11.4 Å². The van der Waals surface area contributed by atoms with E-state index in [-0.39, 0.29) is 11.9 Å². The molecule has 0 bridgehead atoms. The predicted octanol–water partition coefficient (Wildman–Crippen LogP) is 3.54. The number of carbonyl (C=O) groups is 1. The maximum atomic E-state index is 12.6. The number of carbonyl (C=O) groups excluding carboxylic acids is 1. The number of methoxy groups -OCH3 is 1. The van der Waals surface area contributed by atoms with Gasteiger partial charge < -0.3 is 15.0 Å². The third-order valence-corrected chi connectivity index (χ3v) is 5.13. The lowest BCUT2D eigenvalue weighted by atomic mass is 10.1. The summed E-state index contributed by atoms with van der Waals surface area (Å²) >= 11 is 0. The predicted molar refractivity (Wildman–Crippen MR) is 113 cm³/mol. The summed E-state index contributed by atoms with van der Waals surface area (Å²) < 4.78 is 5.24. The Bertz CT molecular complexity index is 1020. The van der Waals surface area contributed by atoms with Crippen LogP contribution in [0.3, 0.4) is 0 Å². The molecule has 0 spiro atoms. The van der Waals surface area contributed by atoms with E-state index in [9.17, 15) is 4.79 Å². The molecule has 29 heavy (non-hydrogen) atoms. The van der Waals surface area contributed by atoms with Crippen molar-refractivity contribution in [2.45, 2.75) is 25.8 Å². The highest BCUT2D eigenvalue weighted by molar-refractivity contribution is 5.92. The van der Waals surface area contributed by atoms with Crippen molar-refractivity contribution < 1.29 is 9.53 Å². The molecule has 2 heterocycles. The highest BCUT2D eigenvalue weighted by Crippen LogP contribution is 2.36. The Morgan fingerprint density at radius 3 is 2.93 bits per heavy atom. The molecule has 3 aromatic rings. The summed E-state index contributed by atoms with van der Waals surface area (Å²) in [5, 5.41) is 2.94. The van der Waals surface area contributed by atoms with Crippen molar-refractivity contribution >= 4 is 17.5 Å². The van der Waals surface area contributed by atoms with E-state index in [1.807, 2.05) is 36.4 Å². The minimum Gasteiger partial charge on any atom is -0.497 e. The van der Waals surface area contributed by atoms with Gasteiger partial charge >= 0.3 is 0 Å². The number of nitrogens with one attached hydrogen (secondary N) is 1. The molecule has 1 amide bonds. The highest BCUT2D eigenvalue weighted by Gasteiger charge is 2.29. The molecular weight excluding hydrogens is 364 g/mol. The zero-order valence-corrected chi connectivity index (χ0v) is 16.6. The second-order valence-electron chi connectivity index (χ2n) is 7.15. The number of fused-ring (bicyclic) bond motifs is 1. The van der Waals surface area contributed by atoms with Gasteiger partial charge in [0, 0.05) is 24.5 Å². The topological polar surface area (TPSA) is 67.3 Å². The van der Waals surface area contributed by atoms with E-state index in [4.69, 9.17) is 4.74 Å². The van der Waals surface area contributed by atoms with Crippen molar-refractivity contribution in [1.82, 2.24) is 15.3 Å². The largest absolute Gasteiger partial charge is 0.497 e. The first-order valence-electron chi connectivity index (χ1n) is 9.77. The standard InChI is InChI=1S/C23H24N4O2/c1-16-14-18-7-3-4-9-21(18)27(16)23-25-13-11-20(26-23)22(28)24-12-10-17-6-5-8-19(15-17)29-2/h3-9,11,13,15-16H,10,12,14H2,1-2H3,(H,24,28). The smallest absolute Gasteiger partial charge is 0.270 e. The molecule has 4 rings (SSSR count). The lowest BCUT2D eigenvalue weighted by molar-refractivity contribution is 0.0949. The summed E-state index contributed by atoms with van der Waals surface area (Å²) in [5.41, 5.74) is 3.86. The first kappa shape index (κ1) is 18.9. The molecule has 0 fully saturated rings. The molecule has 1 unspecified atom stereocenters. The summed E-state index contributed by atoms with van der Waals surface area (Å²) in [7, 11) is 1.65. The van der Waals surface area contributed by atoms with Gasteiger partial charge in [0.25, 0.3) is 5.91 Å². The maximum Gasteiger partial charge on any atom is 0.270 e. The van der Waals surface area contributed by atoms with E-state index in [0.717, 1.165) is 29.8 Å². The van der Waals surface area contributed by atoms with Crippen molar-refractivity contribution in [3.63, 3.8) is 0 Å². The summed E-state index contributed by atoms with van der Waals surface area (Å²) in [5.74, 6) is 1.17. The van der Waals surface area contributed by atoms with E-state index in [0.29, 0.717) is 18.2 Å². The van der Waals surface area contributed by atoms with Crippen LogP contribution in [0.5, 0.6) is 5.75 Å². The van der Waals surface area contributed by atoms with Crippen LogP contribution in [0.4, 0.5) is 11.6 Å². The first-order valence-corrected chi connectivity index (χ1v) is 9.77. The number of ether oxygens (including phenoxy) is 1. The van der Waals surface area contributed by atoms with Crippen LogP contribution in [-0.4, -0.2) is 35.6 Å². The fourth-order valence-corrected chi connectivity index (χ4v) is 3.70. The van der Waals surface area contributed by atoms with Crippen LogP contribution in [0, 0.1) is 0 Å². The van der Waals surface area contributed by atoms with Crippen LogP contribution in [0.15, 0.2) is 60.8 Å². The summed E-state index contributed by atoms with van der Waals surface area (Å²) in [4.78, 5) is 23.7. The molecule has 0 aliphatic carbocycles. The Morgan fingerprint density at radius 1 is 1.21 bits per heavy atom. The van der Waals surface area contributed by atoms with Crippen LogP contribution in [0.1, 0.15) is 28.5 Å².